The number of nitro benzene ring substituents is 1. The number of ether oxygens (including phenoxy) is 2. The van der Waals surface area contributed by atoms with Crippen molar-refractivity contribution in [2.24, 2.45) is 16.9 Å². The predicted octanol–water partition coefficient (Wildman–Crippen LogP) is 2.21. The van der Waals surface area contributed by atoms with Crippen LogP contribution in [0.5, 0.6) is 11.5 Å². The Morgan fingerprint density at radius 1 is 1.03 bits per heavy atom. The van der Waals surface area contributed by atoms with Gasteiger partial charge in [-0.05, 0) is 30.3 Å². The Labute approximate surface area is 199 Å². The Morgan fingerprint density at radius 3 is 2.49 bits per heavy atom. The number of hydrogen-bond acceptors (Lipinski definition) is 9. The second-order valence-electron chi connectivity index (χ2n) is 8.24. The van der Waals surface area contributed by atoms with Crippen LogP contribution in [0.3, 0.4) is 0 Å². The number of carbonyl (C=O) groups excluding carboxylic acids is 3. The Balaban J connectivity index is 1.57. The molecule has 0 aromatic heterocycles. The highest BCUT2D eigenvalue weighted by molar-refractivity contribution is 6.24. The molecule has 5 rings (SSSR count). The first kappa shape index (κ1) is 22.3. The molecule has 3 aliphatic heterocycles. The van der Waals surface area contributed by atoms with Crippen molar-refractivity contribution in [1.82, 2.24) is 5.01 Å². The van der Waals surface area contributed by atoms with Crippen LogP contribution in [0.4, 0.5) is 11.4 Å². The van der Waals surface area contributed by atoms with Crippen LogP contribution in [-0.2, 0) is 9.59 Å². The van der Waals surface area contributed by atoms with Crippen LogP contribution >= 0.6 is 0 Å². The first-order chi connectivity index (χ1) is 16.9. The van der Waals surface area contributed by atoms with Gasteiger partial charge < -0.3 is 9.47 Å². The van der Waals surface area contributed by atoms with Gasteiger partial charge in [0.15, 0.2) is 17.3 Å². The number of Topliss-reactive ketones (excluding diaryl/α,β-unsaturated/α-hetero) is 1. The Hall–Kier alpha value is -4.54. The minimum Gasteiger partial charge on any atom is -0.493 e. The van der Waals surface area contributed by atoms with E-state index in [1.165, 1.54) is 55.8 Å². The van der Waals surface area contributed by atoms with E-state index in [9.17, 15) is 24.5 Å². The molecule has 2 amide bonds. The number of imide groups is 1. The van der Waals surface area contributed by atoms with Gasteiger partial charge in [0.1, 0.15) is 6.04 Å². The fraction of sp³-hybridized carbons (Fsp3) is 0.250. The number of benzene rings is 2. The third-order valence-corrected chi connectivity index (χ3v) is 6.53. The summed E-state index contributed by atoms with van der Waals surface area (Å²) in [6.07, 6.45) is 4.89. The Bertz CT molecular complexity index is 1320. The monoisotopic (exact) mass is 476 g/mol. The lowest BCUT2D eigenvalue weighted by Gasteiger charge is -2.30. The molecule has 0 bridgehead atoms. The summed E-state index contributed by atoms with van der Waals surface area (Å²) in [6, 6.07) is 8.33. The number of carbonyl (C=O) groups is 3. The number of fused-ring (bicyclic) bond motifs is 3. The van der Waals surface area contributed by atoms with Gasteiger partial charge in [-0.25, -0.2) is 4.90 Å². The van der Waals surface area contributed by atoms with E-state index in [0.29, 0.717) is 11.5 Å². The highest BCUT2D eigenvalue weighted by Crippen LogP contribution is 2.46. The molecule has 2 aromatic rings. The molecule has 3 heterocycles. The second kappa shape index (κ2) is 8.35. The van der Waals surface area contributed by atoms with Gasteiger partial charge in [-0.1, -0.05) is 12.1 Å². The van der Waals surface area contributed by atoms with Crippen molar-refractivity contribution < 1.29 is 28.8 Å². The van der Waals surface area contributed by atoms with Crippen LogP contribution in [0.1, 0.15) is 10.4 Å². The van der Waals surface area contributed by atoms with Crippen LogP contribution in [0.25, 0.3) is 0 Å². The molecule has 0 aliphatic carbocycles. The van der Waals surface area contributed by atoms with Crippen molar-refractivity contribution in [2.75, 3.05) is 19.1 Å². The molecule has 178 valence electrons. The fourth-order valence-electron chi connectivity index (χ4n) is 5.00. The fourth-order valence-corrected chi connectivity index (χ4v) is 5.00. The molecule has 2 saturated heterocycles. The number of allylic oxidation sites excluding steroid dienone is 1. The third-order valence-electron chi connectivity index (χ3n) is 6.53. The van der Waals surface area contributed by atoms with Crippen molar-refractivity contribution >= 4 is 35.2 Å². The molecule has 0 unspecified atom stereocenters. The summed E-state index contributed by atoms with van der Waals surface area (Å²) in [5, 5.41) is 17.0. The number of rotatable bonds is 6. The summed E-state index contributed by atoms with van der Waals surface area (Å²) < 4.78 is 10.6. The summed E-state index contributed by atoms with van der Waals surface area (Å²) in [4.78, 5) is 52.4. The predicted molar refractivity (Wildman–Crippen MR) is 123 cm³/mol. The van der Waals surface area contributed by atoms with E-state index in [1.54, 1.807) is 24.3 Å². The van der Waals surface area contributed by atoms with Crippen LogP contribution < -0.4 is 14.4 Å². The number of methoxy groups -OCH3 is 2. The standard InChI is InChI=1S/C24H20N4O7/c1-34-17-9-8-13(11-18(17)35-2)22(29)21-20-19(16-7-4-10-25-27(16)21)23(30)26(24(20)31)14-5-3-6-15(12-14)28(32)33/h3-12,16,19-21H,1-2H3/t16-,19-,20+,21-/m1/s1. The lowest BCUT2D eigenvalue weighted by atomic mass is 9.86. The molecule has 35 heavy (non-hydrogen) atoms. The van der Waals surface area contributed by atoms with Crippen LogP contribution in [0.15, 0.2) is 59.7 Å². The molecular formula is C24H20N4O7. The smallest absolute Gasteiger partial charge is 0.271 e. The highest BCUT2D eigenvalue weighted by Gasteiger charge is 2.64. The van der Waals surface area contributed by atoms with E-state index in [0.717, 1.165) is 4.90 Å². The number of ketones is 1. The van der Waals surface area contributed by atoms with Crippen molar-refractivity contribution in [3.05, 3.63) is 70.3 Å². The zero-order valence-corrected chi connectivity index (χ0v) is 18.7. The number of nitrogens with zero attached hydrogens (tertiary/aromatic N) is 4. The van der Waals surface area contributed by atoms with E-state index >= 15 is 0 Å². The van der Waals surface area contributed by atoms with Crippen molar-refractivity contribution in [1.29, 1.82) is 0 Å². The van der Waals surface area contributed by atoms with Gasteiger partial charge in [0.2, 0.25) is 11.8 Å². The lowest BCUT2D eigenvalue weighted by Crippen LogP contribution is -2.46. The third kappa shape index (κ3) is 3.35. The molecule has 11 heteroatoms. The van der Waals surface area contributed by atoms with Crippen LogP contribution in [0, 0.1) is 22.0 Å². The molecule has 0 saturated carbocycles. The van der Waals surface area contributed by atoms with Gasteiger partial charge in [0, 0.05) is 23.9 Å². The topological polar surface area (TPSA) is 132 Å². The first-order valence-electron chi connectivity index (χ1n) is 10.7. The zero-order chi connectivity index (χ0) is 24.9. The maximum Gasteiger partial charge on any atom is 0.271 e. The summed E-state index contributed by atoms with van der Waals surface area (Å²) in [5.74, 6) is -2.64. The second-order valence-corrected chi connectivity index (χ2v) is 8.24. The molecule has 4 atom stereocenters. The summed E-state index contributed by atoms with van der Waals surface area (Å²) in [7, 11) is 2.93. The van der Waals surface area contributed by atoms with E-state index in [1.807, 2.05) is 0 Å². The molecule has 2 fully saturated rings. The van der Waals surface area contributed by atoms with Crippen LogP contribution in [0.2, 0.25) is 0 Å². The van der Waals surface area contributed by atoms with E-state index < -0.39 is 46.4 Å². The van der Waals surface area contributed by atoms with Crippen LogP contribution in [-0.4, -0.2) is 60.0 Å². The average Bonchev–Trinajstić information content (AvgIpc) is 3.35. The van der Waals surface area contributed by atoms with E-state index in [2.05, 4.69) is 5.10 Å². The number of non-ortho nitro benzene ring substituents is 1. The van der Waals surface area contributed by atoms with Crippen molar-refractivity contribution in [3.8, 4) is 11.5 Å². The first-order valence-corrected chi connectivity index (χ1v) is 10.7. The van der Waals surface area contributed by atoms with E-state index in [4.69, 9.17) is 9.47 Å². The molecule has 3 aliphatic rings. The van der Waals surface area contributed by atoms with Gasteiger partial charge >= 0.3 is 0 Å². The number of anilines is 1. The maximum atomic E-state index is 13.7. The SMILES string of the molecule is COc1ccc(C(=O)[C@H]2[C@H]3C(=O)N(c4cccc([N+](=O)[O-])c4)C(=O)[C@@H]3[C@H]3C=CC=NN32)cc1OC. The van der Waals surface area contributed by atoms with E-state index in [-0.39, 0.29) is 16.9 Å². The summed E-state index contributed by atoms with van der Waals surface area (Å²) in [5.41, 5.74) is 0.114. The lowest BCUT2D eigenvalue weighted by molar-refractivity contribution is -0.384. The van der Waals surface area contributed by atoms with Gasteiger partial charge in [0.25, 0.3) is 5.69 Å². The minimum atomic E-state index is -1.05. The summed E-state index contributed by atoms with van der Waals surface area (Å²) >= 11 is 0. The number of hydrogen-bond donors (Lipinski definition) is 0. The minimum absolute atomic E-state index is 0.0933. The largest absolute Gasteiger partial charge is 0.493 e. The quantitative estimate of drug-likeness (QED) is 0.268. The van der Waals surface area contributed by atoms with Crippen molar-refractivity contribution in [3.63, 3.8) is 0 Å². The number of hydrazone groups is 1. The molecule has 0 spiro atoms. The van der Waals surface area contributed by atoms with Gasteiger partial charge in [0.05, 0.1) is 42.7 Å². The highest BCUT2D eigenvalue weighted by atomic mass is 16.6. The number of amides is 2. The zero-order valence-electron chi connectivity index (χ0n) is 18.7. The van der Waals surface area contributed by atoms with Crippen molar-refractivity contribution in [2.45, 2.75) is 12.1 Å². The number of nitro groups is 1. The molecule has 2 aromatic carbocycles. The molecular weight excluding hydrogens is 456 g/mol. The average molecular weight is 476 g/mol. The molecule has 0 N–H and O–H groups in total. The Morgan fingerprint density at radius 2 is 1.77 bits per heavy atom. The van der Waals surface area contributed by atoms with Gasteiger partial charge in [-0.15, -0.1) is 0 Å². The Kier molecular flexibility index (Phi) is 5.31. The maximum absolute atomic E-state index is 13.7. The van der Waals surface area contributed by atoms with Gasteiger partial charge in [-0.2, -0.15) is 5.10 Å². The summed E-state index contributed by atoms with van der Waals surface area (Å²) in [6.45, 7) is 0. The van der Waals surface area contributed by atoms with Gasteiger partial charge in [-0.3, -0.25) is 29.5 Å². The molecule has 0 radical (unpaired) electrons. The normalized spacial score (nSPS) is 24.4. The molecule has 11 nitrogen and oxygen atoms in total.